The highest BCUT2D eigenvalue weighted by atomic mass is 16.6. The molecule has 2 aromatic rings. The van der Waals surface area contributed by atoms with Crippen LogP contribution in [0.1, 0.15) is 35.3 Å². The molecule has 2 aromatic carbocycles. The van der Waals surface area contributed by atoms with E-state index in [1.54, 1.807) is 37.3 Å². The number of allylic oxidation sites excluding steroid dienone is 2. The quantitative estimate of drug-likeness (QED) is 0.390. The van der Waals surface area contributed by atoms with Crippen molar-refractivity contribution in [2.75, 3.05) is 18.1 Å². The van der Waals surface area contributed by atoms with Gasteiger partial charge in [-0.3, -0.25) is 20.2 Å². The van der Waals surface area contributed by atoms with Crippen LogP contribution in [0.3, 0.4) is 0 Å². The van der Waals surface area contributed by atoms with Crippen molar-refractivity contribution in [3.63, 3.8) is 0 Å². The van der Waals surface area contributed by atoms with Crippen molar-refractivity contribution in [3.8, 4) is 0 Å². The highest BCUT2D eigenvalue weighted by Crippen LogP contribution is 2.36. The van der Waals surface area contributed by atoms with Gasteiger partial charge in [-0.25, -0.2) is 4.79 Å². The Balaban J connectivity index is 2.15. The zero-order valence-electron chi connectivity index (χ0n) is 16.4. The number of ether oxygens (including phenoxy) is 1. The maximum atomic E-state index is 12.2. The third-order valence-electron chi connectivity index (χ3n) is 4.64. The number of carbonyl (C=O) groups is 1. The van der Waals surface area contributed by atoms with Crippen molar-refractivity contribution in [2.24, 2.45) is 0 Å². The molecule has 0 amide bonds. The van der Waals surface area contributed by atoms with Gasteiger partial charge in [-0.1, -0.05) is 0 Å². The first-order valence-corrected chi connectivity index (χ1v) is 9.26. The van der Waals surface area contributed by atoms with Crippen molar-refractivity contribution in [2.45, 2.75) is 13.8 Å². The molecule has 0 saturated heterocycles. The van der Waals surface area contributed by atoms with Gasteiger partial charge in [0.15, 0.2) is 0 Å². The number of non-ortho nitro benzene ring substituents is 1. The Morgan fingerprint density at radius 1 is 1.10 bits per heavy atom. The third-order valence-corrected chi connectivity index (χ3v) is 4.64. The summed E-state index contributed by atoms with van der Waals surface area (Å²) in [7, 11) is 0. The van der Waals surface area contributed by atoms with Crippen LogP contribution in [0.15, 0.2) is 48.7 Å². The van der Waals surface area contributed by atoms with Crippen LogP contribution in [0.2, 0.25) is 0 Å². The zero-order chi connectivity index (χ0) is 21.8. The molecule has 0 N–H and O–H groups in total. The van der Waals surface area contributed by atoms with Gasteiger partial charge in [-0.15, -0.1) is 0 Å². The van der Waals surface area contributed by atoms with Crippen LogP contribution in [-0.2, 0) is 4.74 Å². The third kappa shape index (κ3) is 4.04. The summed E-state index contributed by atoms with van der Waals surface area (Å²) in [6.07, 6.45) is 5.21. The molecule has 1 aliphatic rings. The van der Waals surface area contributed by atoms with E-state index in [2.05, 4.69) is 0 Å². The lowest BCUT2D eigenvalue weighted by atomic mass is 9.95. The number of esters is 1. The molecule has 154 valence electrons. The number of nitro benzene ring substituents is 2. The van der Waals surface area contributed by atoms with Gasteiger partial charge in [0.2, 0.25) is 0 Å². The van der Waals surface area contributed by atoms with Crippen molar-refractivity contribution in [3.05, 3.63) is 85.6 Å². The number of hydrogen-bond donors (Lipinski definition) is 0. The van der Waals surface area contributed by atoms with Crippen LogP contribution < -0.4 is 4.90 Å². The van der Waals surface area contributed by atoms with E-state index in [9.17, 15) is 25.0 Å². The minimum absolute atomic E-state index is 0.225. The molecule has 0 aliphatic carbocycles. The Hall–Kier alpha value is -4.01. The van der Waals surface area contributed by atoms with Gasteiger partial charge >= 0.3 is 5.97 Å². The molecule has 1 heterocycles. The Morgan fingerprint density at radius 2 is 1.87 bits per heavy atom. The molecule has 0 bridgehead atoms. The predicted molar refractivity (Wildman–Crippen MR) is 112 cm³/mol. The number of rotatable bonds is 6. The van der Waals surface area contributed by atoms with Crippen LogP contribution in [0.5, 0.6) is 0 Å². The summed E-state index contributed by atoms with van der Waals surface area (Å²) in [5, 5.41) is 22.4. The van der Waals surface area contributed by atoms with E-state index in [-0.39, 0.29) is 23.5 Å². The lowest BCUT2D eigenvalue weighted by molar-refractivity contribution is -0.394. The van der Waals surface area contributed by atoms with Crippen LogP contribution in [0.25, 0.3) is 11.6 Å². The largest absolute Gasteiger partial charge is 0.462 e. The number of fused-ring (bicyclic) bond motifs is 1. The lowest BCUT2D eigenvalue weighted by Crippen LogP contribution is -2.19. The minimum atomic E-state index is -0.676. The molecule has 9 nitrogen and oxygen atoms in total. The number of anilines is 1. The second-order valence-corrected chi connectivity index (χ2v) is 6.41. The standard InChI is InChI=1S/C21H19N3O6/c1-3-22-10-9-14(18-12-16(6-8-19(18)22)21(25)30-4-2)11-15-5-7-17(23(26)27)13-20(15)24(28)29/h5-13H,3-4H2,1-2H3. The van der Waals surface area contributed by atoms with Crippen LogP contribution >= 0.6 is 0 Å². The highest BCUT2D eigenvalue weighted by molar-refractivity contribution is 5.99. The molecule has 30 heavy (non-hydrogen) atoms. The van der Waals surface area contributed by atoms with E-state index in [0.29, 0.717) is 23.2 Å². The minimum Gasteiger partial charge on any atom is -0.462 e. The van der Waals surface area contributed by atoms with E-state index in [0.717, 1.165) is 11.8 Å². The van der Waals surface area contributed by atoms with Gasteiger partial charge in [0, 0.05) is 30.1 Å². The molecule has 0 spiro atoms. The summed E-state index contributed by atoms with van der Waals surface area (Å²) < 4.78 is 5.07. The fourth-order valence-electron chi connectivity index (χ4n) is 3.19. The first kappa shape index (κ1) is 20.7. The summed E-state index contributed by atoms with van der Waals surface area (Å²) in [5.41, 5.74) is 2.05. The molecular weight excluding hydrogens is 390 g/mol. The first-order valence-electron chi connectivity index (χ1n) is 9.26. The molecule has 9 heteroatoms. The molecule has 3 rings (SSSR count). The van der Waals surface area contributed by atoms with E-state index >= 15 is 0 Å². The second-order valence-electron chi connectivity index (χ2n) is 6.41. The maximum absolute atomic E-state index is 12.2. The van der Waals surface area contributed by atoms with E-state index < -0.39 is 15.8 Å². The molecule has 0 radical (unpaired) electrons. The van der Waals surface area contributed by atoms with E-state index in [1.807, 2.05) is 18.0 Å². The van der Waals surface area contributed by atoms with Gasteiger partial charge in [0.05, 0.1) is 33.6 Å². The van der Waals surface area contributed by atoms with Gasteiger partial charge in [0.1, 0.15) is 0 Å². The van der Waals surface area contributed by atoms with Crippen molar-refractivity contribution < 1.29 is 19.4 Å². The molecule has 0 atom stereocenters. The number of hydrogen-bond acceptors (Lipinski definition) is 7. The number of nitro groups is 2. The average Bonchev–Trinajstić information content (AvgIpc) is 2.73. The summed E-state index contributed by atoms with van der Waals surface area (Å²) >= 11 is 0. The monoisotopic (exact) mass is 409 g/mol. The first-order chi connectivity index (χ1) is 14.3. The summed E-state index contributed by atoms with van der Waals surface area (Å²) in [6, 6.07) is 8.66. The number of nitrogens with zero attached hydrogens (tertiary/aromatic N) is 3. The van der Waals surface area contributed by atoms with Crippen molar-refractivity contribution in [1.29, 1.82) is 0 Å². The summed E-state index contributed by atoms with van der Waals surface area (Å²) in [4.78, 5) is 35.2. The second kappa shape index (κ2) is 8.56. The average molecular weight is 409 g/mol. The summed E-state index contributed by atoms with van der Waals surface area (Å²) in [5.74, 6) is -0.460. The smallest absolute Gasteiger partial charge is 0.338 e. The molecule has 1 aliphatic heterocycles. The van der Waals surface area contributed by atoms with E-state index in [1.165, 1.54) is 12.1 Å². The van der Waals surface area contributed by atoms with E-state index in [4.69, 9.17) is 4.74 Å². The summed E-state index contributed by atoms with van der Waals surface area (Å²) in [6.45, 7) is 4.63. The molecule has 0 unspecified atom stereocenters. The SMILES string of the molecule is CCOC(=O)c1ccc2c(c1)C(=Cc1ccc([N+](=O)[O-])cc1[N+](=O)[O-])C=CN2CC. The van der Waals surface area contributed by atoms with Crippen molar-refractivity contribution in [1.82, 2.24) is 0 Å². The number of benzene rings is 2. The van der Waals surface area contributed by atoms with Gasteiger partial charge in [-0.2, -0.15) is 0 Å². The Labute approximate surface area is 172 Å². The molecule has 0 fully saturated rings. The lowest BCUT2D eigenvalue weighted by Gasteiger charge is -2.27. The highest BCUT2D eigenvalue weighted by Gasteiger charge is 2.22. The molecule has 0 saturated carbocycles. The van der Waals surface area contributed by atoms with Gasteiger partial charge in [0.25, 0.3) is 11.4 Å². The molecular formula is C21H19N3O6. The van der Waals surface area contributed by atoms with Crippen LogP contribution in [0.4, 0.5) is 17.1 Å². The Bertz CT molecular complexity index is 1090. The normalized spacial score (nSPS) is 13.8. The van der Waals surface area contributed by atoms with Gasteiger partial charge in [-0.05, 0) is 55.8 Å². The molecule has 0 aromatic heterocycles. The zero-order valence-corrected chi connectivity index (χ0v) is 16.4. The Morgan fingerprint density at radius 3 is 2.50 bits per heavy atom. The van der Waals surface area contributed by atoms with Gasteiger partial charge < -0.3 is 9.64 Å². The Kier molecular flexibility index (Phi) is 5.91. The predicted octanol–water partition coefficient (Wildman–Crippen LogP) is 4.57. The topological polar surface area (TPSA) is 116 Å². The maximum Gasteiger partial charge on any atom is 0.338 e. The van der Waals surface area contributed by atoms with Crippen LogP contribution in [0, 0.1) is 20.2 Å². The van der Waals surface area contributed by atoms with Crippen molar-refractivity contribution >= 4 is 34.7 Å². The fraction of sp³-hybridized carbons (Fsp3) is 0.190. The fourth-order valence-corrected chi connectivity index (χ4v) is 3.19. The van der Waals surface area contributed by atoms with Crippen LogP contribution in [-0.4, -0.2) is 29.0 Å². The number of carbonyl (C=O) groups excluding carboxylic acids is 1.